The standard InChI is InChI=1S/C12H25N3O/c1-10(2)14(3)6-4-5-7-15-9-11(13)8-12(15)16/h10-11H,4-9,13H2,1-3H3. The van der Waals surface area contributed by atoms with Gasteiger partial charge in [0.25, 0.3) is 0 Å². The molecule has 94 valence electrons. The number of carbonyl (C=O) groups is 1. The van der Waals surface area contributed by atoms with E-state index in [1.165, 1.54) is 0 Å². The van der Waals surface area contributed by atoms with Gasteiger partial charge in [-0.3, -0.25) is 4.79 Å². The number of hydrogen-bond acceptors (Lipinski definition) is 3. The number of hydrogen-bond donors (Lipinski definition) is 1. The predicted molar refractivity (Wildman–Crippen MR) is 66.2 cm³/mol. The Hall–Kier alpha value is -0.610. The minimum absolute atomic E-state index is 0.0610. The van der Waals surface area contributed by atoms with Crippen molar-refractivity contribution in [3.8, 4) is 0 Å². The molecule has 1 heterocycles. The van der Waals surface area contributed by atoms with Gasteiger partial charge >= 0.3 is 0 Å². The van der Waals surface area contributed by atoms with Crippen LogP contribution < -0.4 is 5.73 Å². The fourth-order valence-corrected chi connectivity index (χ4v) is 1.94. The highest BCUT2D eigenvalue weighted by atomic mass is 16.2. The largest absolute Gasteiger partial charge is 0.341 e. The third-order valence-electron chi connectivity index (χ3n) is 3.31. The van der Waals surface area contributed by atoms with Gasteiger partial charge in [0, 0.05) is 31.6 Å². The van der Waals surface area contributed by atoms with Crippen LogP contribution >= 0.6 is 0 Å². The summed E-state index contributed by atoms with van der Waals surface area (Å²) in [6, 6.07) is 0.660. The molecule has 0 aromatic heterocycles. The predicted octanol–water partition coefficient (Wildman–Crippen LogP) is 0.666. The van der Waals surface area contributed by atoms with Crippen molar-refractivity contribution in [3.05, 3.63) is 0 Å². The van der Waals surface area contributed by atoms with Crippen LogP contribution in [-0.2, 0) is 4.79 Å². The number of unbranched alkanes of at least 4 members (excludes halogenated alkanes) is 1. The number of nitrogens with zero attached hydrogens (tertiary/aromatic N) is 2. The fourth-order valence-electron chi connectivity index (χ4n) is 1.94. The van der Waals surface area contributed by atoms with Crippen LogP contribution in [0.4, 0.5) is 0 Å². The molecule has 0 radical (unpaired) electrons. The molecule has 1 rings (SSSR count). The smallest absolute Gasteiger partial charge is 0.224 e. The molecular weight excluding hydrogens is 202 g/mol. The summed E-state index contributed by atoms with van der Waals surface area (Å²) in [7, 11) is 2.14. The van der Waals surface area contributed by atoms with Gasteiger partial charge in [0.05, 0.1) is 0 Å². The van der Waals surface area contributed by atoms with Gasteiger partial charge in [0.15, 0.2) is 0 Å². The molecule has 16 heavy (non-hydrogen) atoms. The molecule has 1 aliphatic heterocycles. The molecule has 0 saturated carbocycles. The molecule has 1 saturated heterocycles. The zero-order chi connectivity index (χ0) is 12.1. The van der Waals surface area contributed by atoms with Crippen LogP contribution in [0.3, 0.4) is 0 Å². The zero-order valence-corrected chi connectivity index (χ0v) is 10.8. The highest BCUT2D eigenvalue weighted by molar-refractivity contribution is 5.79. The van der Waals surface area contributed by atoms with Crippen LogP contribution in [0.1, 0.15) is 33.1 Å². The van der Waals surface area contributed by atoms with Crippen molar-refractivity contribution in [1.29, 1.82) is 0 Å². The first-order valence-electron chi connectivity index (χ1n) is 6.24. The zero-order valence-electron chi connectivity index (χ0n) is 10.8. The van der Waals surface area contributed by atoms with Crippen molar-refractivity contribution in [3.63, 3.8) is 0 Å². The van der Waals surface area contributed by atoms with Gasteiger partial charge in [-0.2, -0.15) is 0 Å². The van der Waals surface area contributed by atoms with Crippen molar-refractivity contribution in [1.82, 2.24) is 9.80 Å². The highest BCUT2D eigenvalue weighted by Gasteiger charge is 2.25. The first-order chi connectivity index (χ1) is 7.50. The van der Waals surface area contributed by atoms with Crippen LogP contribution in [0.25, 0.3) is 0 Å². The van der Waals surface area contributed by atoms with E-state index in [2.05, 4.69) is 25.8 Å². The topological polar surface area (TPSA) is 49.6 Å². The molecule has 0 bridgehead atoms. The molecule has 1 fully saturated rings. The molecule has 2 N–H and O–H groups in total. The van der Waals surface area contributed by atoms with Crippen molar-refractivity contribution in [2.75, 3.05) is 26.7 Å². The van der Waals surface area contributed by atoms with E-state index in [1.54, 1.807) is 0 Å². The number of amides is 1. The maximum absolute atomic E-state index is 11.5. The minimum atomic E-state index is 0.0610. The van der Waals surface area contributed by atoms with Gasteiger partial charge in [-0.15, -0.1) is 0 Å². The average molecular weight is 227 g/mol. The molecule has 1 atom stereocenters. The number of likely N-dealkylation sites (tertiary alicyclic amines) is 1. The Bertz CT molecular complexity index is 230. The highest BCUT2D eigenvalue weighted by Crippen LogP contribution is 2.10. The molecule has 0 spiro atoms. The van der Waals surface area contributed by atoms with Crippen LogP contribution in [0.15, 0.2) is 0 Å². The molecule has 4 nitrogen and oxygen atoms in total. The lowest BCUT2D eigenvalue weighted by molar-refractivity contribution is -0.127. The Labute approximate surface area is 98.8 Å². The van der Waals surface area contributed by atoms with Gasteiger partial charge in [-0.1, -0.05) is 0 Å². The van der Waals surface area contributed by atoms with E-state index in [9.17, 15) is 4.79 Å². The van der Waals surface area contributed by atoms with Crippen molar-refractivity contribution >= 4 is 5.91 Å². The summed E-state index contributed by atoms with van der Waals surface area (Å²) in [6.45, 7) is 7.12. The van der Waals surface area contributed by atoms with Crippen LogP contribution in [-0.4, -0.2) is 54.5 Å². The van der Waals surface area contributed by atoms with E-state index in [0.717, 1.165) is 32.5 Å². The van der Waals surface area contributed by atoms with Gasteiger partial charge in [-0.05, 0) is 40.3 Å². The van der Waals surface area contributed by atoms with E-state index in [1.807, 2.05) is 4.90 Å². The van der Waals surface area contributed by atoms with Gasteiger partial charge < -0.3 is 15.5 Å². The summed E-state index contributed by atoms with van der Waals surface area (Å²) in [4.78, 5) is 15.7. The van der Waals surface area contributed by atoms with E-state index >= 15 is 0 Å². The molecule has 4 heteroatoms. The molecule has 1 aliphatic rings. The first-order valence-corrected chi connectivity index (χ1v) is 6.24. The number of nitrogens with two attached hydrogens (primary N) is 1. The Morgan fingerprint density at radius 2 is 2.19 bits per heavy atom. The summed E-state index contributed by atoms with van der Waals surface area (Å²) < 4.78 is 0. The van der Waals surface area contributed by atoms with Crippen molar-refractivity contribution in [2.45, 2.75) is 45.2 Å². The number of rotatable bonds is 6. The van der Waals surface area contributed by atoms with Gasteiger partial charge in [0.1, 0.15) is 0 Å². The van der Waals surface area contributed by atoms with E-state index < -0.39 is 0 Å². The molecule has 0 aromatic rings. The normalized spacial score (nSPS) is 21.5. The molecular formula is C12H25N3O. The van der Waals surface area contributed by atoms with Crippen LogP contribution in [0, 0.1) is 0 Å². The van der Waals surface area contributed by atoms with Crippen molar-refractivity contribution in [2.24, 2.45) is 5.73 Å². The lowest BCUT2D eigenvalue weighted by atomic mass is 10.2. The van der Waals surface area contributed by atoms with E-state index in [-0.39, 0.29) is 11.9 Å². The second-order valence-electron chi connectivity index (χ2n) is 5.09. The Morgan fingerprint density at radius 3 is 2.69 bits per heavy atom. The third-order valence-corrected chi connectivity index (χ3v) is 3.31. The molecule has 0 aliphatic carbocycles. The third kappa shape index (κ3) is 4.10. The van der Waals surface area contributed by atoms with Crippen LogP contribution in [0.5, 0.6) is 0 Å². The lowest BCUT2D eigenvalue weighted by Gasteiger charge is -2.21. The number of carbonyl (C=O) groups excluding carboxylic acids is 1. The minimum Gasteiger partial charge on any atom is -0.341 e. The summed E-state index contributed by atoms with van der Waals surface area (Å²) in [6.07, 6.45) is 2.76. The summed E-state index contributed by atoms with van der Waals surface area (Å²) in [5, 5.41) is 0. The molecule has 1 amide bonds. The Morgan fingerprint density at radius 1 is 1.50 bits per heavy atom. The SMILES string of the molecule is CC(C)N(C)CCCCN1CC(N)CC1=O. The van der Waals surface area contributed by atoms with Crippen molar-refractivity contribution < 1.29 is 4.79 Å². The fraction of sp³-hybridized carbons (Fsp3) is 0.917. The summed E-state index contributed by atoms with van der Waals surface area (Å²) in [5.74, 6) is 0.227. The average Bonchev–Trinajstić information content (AvgIpc) is 2.51. The van der Waals surface area contributed by atoms with E-state index in [4.69, 9.17) is 5.73 Å². The first kappa shape index (κ1) is 13.5. The molecule has 0 aromatic carbocycles. The van der Waals surface area contributed by atoms with Gasteiger partial charge in [-0.25, -0.2) is 0 Å². The quantitative estimate of drug-likeness (QED) is 0.678. The lowest BCUT2D eigenvalue weighted by Crippen LogP contribution is -2.31. The second-order valence-corrected chi connectivity index (χ2v) is 5.09. The van der Waals surface area contributed by atoms with Gasteiger partial charge in [0.2, 0.25) is 5.91 Å². The molecule has 1 unspecified atom stereocenters. The Balaban J connectivity index is 2.10. The maximum Gasteiger partial charge on any atom is 0.224 e. The van der Waals surface area contributed by atoms with Crippen LogP contribution in [0.2, 0.25) is 0 Å². The maximum atomic E-state index is 11.5. The van der Waals surface area contributed by atoms with E-state index in [0.29, 0.717) is 12.5 Å². The Kier molecular flexibility index (Phi) is 5.22. The second kappa shape index (κ2) is 6.21. The summed E-state index contributed by atoms with van der Waals surface area (Å²) in [5.41, 5.74) is 5.74. The monoisotopic (exact) mass is 227 g/mol. The summed E-state index contributed by atoms with van der Waals surface area (Å²) >= 11 is 0.